The van der Waals surface area contributed by atoms with Crippen LogP contribution < -0.4 is 11.5 Å². The monoisotopic (exact) mass is 368 g/mol. The molecule has 0 spiro atoms. The number of nitrogens with zero attached hydrogens (tertiary/aromatic N) is 4. The van der Waals surface area contributed by atoms with Crippen LogP contribution >= 0.6 is 0 Å². The Morgan fingerprint density at radius 1 is 1.30 bits per heavy atom. The largest absolute Gasteiger partial charge is 0.507 e. The summed E-state index contributed by atoms with van der Waals surface area (Å²) in [6.07, 6.45) is 9.37. The van der Waals surface area contributed by atoms with E-state index in [1.54, 1.807) is 29.1 Å². The number of piperidine rings is 1. The minimum Gasteiger partial charge on any atom is -0.507 e. The van der Waals surface area contributed by atoms with Crippen molar-refractivity contribution in [2.45, 2.75) is 18.9 Å². The molecule has 1 fully saturated rings. The number of hydrogen-bond acceptors (Lipinski definition) is 6. The second-order valence-corrected chi connectivity index (χ2v) is 7.07. The summed E-state index contributed by atoms with van der Waals surface area (Å²) < 4.78 is 1.68. The molecule has 2 aromatic rings. The van der Waals surface area contributed by atoms with Crippen molar-refractivity contribution in [1.82, 2.24) is 19.6 Å². The number of nitrogens with two attached hydrogens (primary N) is 2. The molecule has 27 heavy (non-hydrogen) atoms. The van der Waals surface area contributed by atoms with E-state index in [-0.39, 0.29) is 5.75 Å². The second-order valence-electron chi connectivity index (χ2n) is 7.07. The highest BCUT2D eigenvalue weighted by Crippen LogP contribution is 2.25. The van der Waals surface area contributed by atoms with Gasteiger partial charge >= 0.3 is 0 Å². The lowest BCUT2D eigenvalue weighted by atomic mass is 10.0. The summed E-state index contributed by atoms with van der Waals surface area (Å²) in [6.45, 7) is 1.86. The Bertz CT molecular complexity index is 825. The van der Waals surface area contributed by atoms with Crippen LogP contribution in [0.1, 0.15) is 18.4 Å². The van der Waals surface area contributed by atoms with Gasteiger partial charge in [0, 0.05) is 48.9 Å². The van der Waals surface area contributed by atoms with Gasteiger partial charge in [-0.25, -0.2) is 4.68 Å². The molecular formula is C20H28N6O. The maximum Gasteiger partial charge on any atom is 0.127 e. The van der Waals surface area contributed by atoms with Crippen molar-refractivity contribution in [2.24, 2.45) is 11.5 Å². The maximum atomic E-state index is 10.3. The van der Waals surface area contributed by atoms with Crippen molar-refractivity contribution in [3.05, 3.63) is 60.2 Å². The van der Waals surface area contributed by atoms with Gasteiger partial charge in [-0.3, -0.25) is 0 Å². The van der Waals surface area contributed by atoms with Crippen molar-refractivity contribution in [3.63, 3.8) is 0 Å². The van der Waals surface area contributed by atoms with E-state index in [0.717, 1.165) is 25.2 Å². The molecule has 1 aromatic heterocycles. The second kappa shape index (κ2) is 8.18. The Labute approximate surface area is 160 Å². The van der Waals surface area contributed by atoms with Crippen LogP contribution in [0, 0.1) is 0 Å². The van der Waals surface area contributed by atoms with Crippen LogP contribution in [0.2, 0.25) is 0 Å². The predicted octanol–water partition coefficient (Wildman–Crippen LogP) is 1.70. The first-order valence-corrected chi connectivity index (χ1v) is 9.13. The van der Waals surface area contributed by atoms with Crippen molar-refractivity contribution >= 4 is 5.70 Å². The summed E-state index contributed by atoms with van der Waals surface area (Å²) in [4.78, 5) is 4.42. The molecule has 1 saturated heterocycles. The fourth-order valence-corrected chi connectivity index (χ4v) is 3.31. The predicted molar refractivity (Wildman–Crippen MR) is 108 cm³/mol. The lowest BCUT2D eigenvalue weighted by molar-refractivity contribution is 0.159. The van der Waals surface area contributed by atoms with Gasteiger partial charge in [0.15, 0.2) is 0 Å². The van der Waals surface area contributed by atoms with Gasteiger partial charge in [0.1, 0.15) is 5.75 Å². The Kier molecular flexibility index (Phi) is 5.71. The third-order valence-corrected chi connectivity index (χ3v) is 4.99. The Hall–Kier alpha value is -2.93. The lowest BCUT2D eigenvalue weighted by Gasteiger charge is -2.37. The quantitative estimate of drug-likeness (QED) is 0.695. The molecule has 1 atom stereocenters. The van der Waals surface area contributed by atoms with Gasteiger partial charge in [-0.15, -0.1) is 0 Å². The summed E-state index contributed by atoms with van der Waals surface area (Å²) in [5, 5.41) is 14.5. The zero-order valence-corrected chi connectivity index (χ0v) is 15.9. The van der Waals surface area contributed by atoms with E-state index in [4.69, 9.17) is 11.5 Å². The molecule has 0 amide bonds. The number of aromatic nitrogens is 2. The minimum atomic E-state index is 0.106. The number of likely N-dealkylation sites (N-methyl/N-ethyl adjacent to an activating group) is 1. The molecule has 5 N–H and O–H groups in total. The van der Waals surface area contributed by atoms with E-state index in [2.05, 4.69) is 29.0 Å². The smallest absolute Gasteiger partial charge is 0.127 e. The van der Waals surface area contributed by atoms with Crippen LogP contribution in [-0.2, 0) is 0 Å². The maximum absolute atomic E-state index is 10.3. The molecule has 0 radical (unpaired) electrons. The third-order valence-electron chi connectivity index (χ3n) is 4.99. The number of phenolic OH excluding ortho intramolecular Hbond substituents is 1. The van der Waals surface area contributed by atoms with Crippen LogP contribution in [0.15, 0.2) is 54.6 Å². The number of likely N-dealkylation sites (tertiary alicyclic amines) is 1. The van der Waals surface area contributed by atoms with Crippen LogP contribution in [0.25, 0.3) is 11.4 Å². The summed E-state index contributed by atoms with van der Waals surface area (Å²) >= 11 is 0. The van der Waals surface area contributed by atoms with Crippen LogP contribution in [-0.4, -0.2) is 57.9 Å². The number of phenols is 1. The first-order valence-electron chi connectivity index (χ1n) is 9.13. The molecule has 0 saturated carbocycles. The number of hydrogen-bond donors (Lipinski definition) is 3. The van der Waals surface area contributed by atoms with E-state index in [1.165, 1.54) is 6.42 Å². The zero-order valence-electron chi connectivity index (χ0n) is 15.9. The molecular weight excluding hydrogens is 340 g/mol. The van der Waals surface area contributed by atoms with E-state index >= 15 is 0 Å². The van der Waals surface area contributed by atoms with Crippen molar-refractivity contribution in [2.75, 3.05) is 27.2 Å². The van der Waals surface area contributed by atoms with Crippen LogP contribution in [0.3, 0.4) is 0 Å². The Balaban J connectivity index is 1.74. The van der Waals surface area contributed by atoms with Crippen molar-refractivity contribution in [1.29, 1.82) is 0 Å². The molecule has 1 aliphatic rings. The van der Waals surface area contributed by atoms with E-state index in [0.29, 0.717) is 23.1 Å². The molecule has 3 rings (SSSR count). The molecule has 7 nitrogen and oxygen atoms in total. The summed E-state index contributed by atoms with van der Waals surface area (Å²) in [5.74, 6) is 0.798. The highest BCUT2D eigenvalue weighted by Gasteiger charge is 2.21. The van der Waals surface area contributed by atoms with Gasteiger partial charge in [0.25, 0.3) is 0 Å². The van der Waals surface area contributed by atoms with Gasteiger partial charge in [-0.2, -0.15) is 5.10 Å². The number of allylic oxidation sites excluding steroid dienone is 2. The molecule has 2 heterocycles. The first-order chi connectivity index (χ1) is 13.0. The summed E-state index contributed by atoms with van der Waals surface area (Å²) in [5.41, 5.74) is 14.2. The molecule has 0 aliphatic carbocycles. The van der Waals surface area contributed by atoms with Crippen molar-refractivity contribution in [3.8, 4) is 11.4 Å². The standard InChI is InChI=1S/C20H28N6O/c1-24(2)16-5-3-11-25(14-16)20(22)9-8-18(21)17-7-6-15(13-19(17)27)26-12-4-10-23-26/h4,6-10,12-13,16,27H,3,5,11,14,21-22H2,1-2H3/b18-8-,20-9+. The van der Waals surface area contributed by atoms with E-state index in [1.807, 2.05) is 24.4 Å². The van der Waals surface area contributed by atoms with Gasteiger partial charge < -0.3 is 26.4 Å². The molecule has 1 aliphatic heterocycles. The average Bonchev–Trinajstić information content (AvgIpc) is 3.20. The molecule has 1 aromatic carbocycles. The average molecular weight is 368 g/mol. The van der Waals surface area contributed by atoms with Crippen LogP contribution in [0.4, 0.5) is 0 Å². The number of aromatic hydroxyl groups is 1. The molecule has 7 heteroatoms. The highest BCUT2D eigenvalue weighted by molar-refractivity contribution is 5.70. The fourth-order valence-electron chi connectivity index (χ4n) is 3.31. The van der Waals surface area contributed by atoms with Gasteiger partial charge in [0.05, 0.1) is 11.5 Å². The summed E-state index contributed by atoms with van der Waals surface area (Å²) in [7, 11) is 4.20. The third kappa shape index (κ3) is 4.43. The molecule has 1 unspecified atom stereocenters. The fraction of sp³-hybridized carbons (Fsp3) is 0.350. The van der Waals surface area contributed by atoms with E-state index < -0.39 is 0 Å². The topological polar surface area (TPSA) is 96.6 Å². The van der Waals surface area contributed by atoms with Gasteiger partial charge in [0.2, 0.25) is 0 Å². The lowest BCUT2D eigenvalue weighted by Crippen LogP contribution is -2.45. The van der Waals surface area contributed by atoms with Crippen LogP contribution in [0.5, 0.6) is 5.75 Å². The summed E-state index contributed by atoms with van der Waals surface area (Å²) in [6, 6.07) is 7.62. The SMILES string of the molecule is CN(C)C1CCCN(/C(N)=C/C=C(\N)c2ccc(-n3cccn3)cc2O)C1. The number of benzene rings is 1. The van der Waals surface area contributed by atoms with Gasteiger partial charge in [-0.1, -0.05) is 0 Å². The first kappa shape index (κ1) is 18.8. The number of rotatable bonds is 5. The Morgan fingerprint density at radius 2 is 2.11 bits per heavy atom. The van der Waals surface area contributed by atoms with Crippen molar-refractivity contribution < 1.29 is 5.11 Å². The zero-order chi connectivity index (χ0) is 19.4. The normalized spacial score (nSPS) is 18.9. The van der Waals surface area contributed by atoms with E-state index in [9.17, 15) is 5.11 Å². The minimum absolute atomic E-state index is 0.106. The van der Waals surface area contributed by atoms with Gasteiger partial charge in [-0.05, 0) is 57.3 Å². The molecule has 0 bridgehead atoms. The highest BCUT2D eigenvalue weighted by atomic mass is 16.3. The Morgan fingerprint density at radius 3 is 2.78 bits per heavy atom. The molecule has 144 valence electrons.